The number of nitrogens with zero attached hydrogens (tertiary/aromatic N) is 1. The van der Waals surface area contributed by atoms with Crippen LogP contribution in [0.2, 0.25) is 0 Å². The van der Waals surface area contributed by atoms with E-state index in [1.807, 2.05) is 0 Å². The summed E-state index contributed by atoms with van der Waals surface area (Å²) in [5.41, 5.74) is 6.32. The van der Waals surface area contributed by atoms with Crippen molar-refractivity contribution in [1.82, 2.24) is 10.2 Å². The number of carbonyl (C=O) groups is 1. The van der Waals surface area contributed by atoms with Crippen LogP contribution in [0.1, 0.15) is 18.4 Å². The van der Waals surface area contributed by atoms with Gasteiger partial charge in [-0.3, -0.25) is 9.69 Å². The van der Waals surface area contributed by atoms with Crippen molar-refractivity contribution >= 4 is 5.91 Å². The summed E-state index contributed by atoms with van der Waals surface area (Å²) in [6, 6.07) is 6.73. The van der Waals surface area contributed by atoms with E-state index in [-0.39, 0.29) is 24.3 Å². The Balaban J connectivity index is 1.74. The van der Waals surface area contributed by atoms with Crippen LogP contribution < -0.4 is 11.1 Å². The number of amides is 1. The molecule has 0 bridgehead atoms. The largest absolute Gasteiger partial charge is 0.351 e. The second kappa shape index (κ2) is 6.63. The summed E-state index contributed by atoms with van der Waals surface area (Å²) in [6.07, 6.45) is 1.86. The average Bonchev–Trinajstić information content (AvgIpc) is 2.40. The molecule has 104 valence electrons. The molecular weight excluding hydrogens is 245 g/mol. The molecular formula is C14H20FN3O. The number of carbonyl (C=O) groups excluding carboxylic acids is 1. The third-order valence-electron chi connectivity index (χ3n) is 3.43. The average molecular weight is 265 g/mol. The first-order chi connectivity index (χ1) is 9.15. The van der Waals surface area contributed by atoms with E-state index in [0.29, 0.717) is 12.1 Å². The topological polar surface area (TPSA) is 58.4 Å². The Morgan fingerprint density at radius 1 is 1.37 bits per heavy atom. The van der Waals surface area contributed by atoms with Gasteiger partial charge in [-0.05, 0) is 18.9 Å². The Morgan fingerprint density at radius 3 is 2.74 bits per heavy atom. The van der Waals surface area contributed by atoms with Crippen LogP contribution in [0.3, 0.4) is 0 Å². The molecule has 1 aromatic carbocycles. The van der Waals surface area contributed by atoms with Gasteiger partial charge in [0.15, 0.2) is 0 Å². The molecule has 1 aliphatic rings. The maximum atomic E-state index is 13.4. The predicted octanol–water partition coefficient (Wildman–Crippen LogP) is 0.865. The van der Waals surface area contributed by atoms with Gasteiger partial charge in [0.05, 0.1) is 6.54 Å². The highest BCUT2D eigenvalue weighted by atomic mass is 19.1. The van der Waals surface area contributed by atoms with Crippen LogP contribution in [-0.4, -0.2) is 36.5 Å². The van der Waals surface area contributed by atoms with Crippen LogP contribution in [0, 0.1) is 5.82 Å². The number of nitrogens with two attached hydrogens (primary N) is 1. The summed E-state index contributed by atoms with van der Waals surface area (Å²) in [5, 5.41) is 2.75. The first kappa shape index (κ1) is 14.0. The maximum Gasteiger partial charge on any atom is 0.234 e. The molecule has 0 aliphatic carbocycles. The van der Waals surface area contributed by atoms with Gasteiger partial charge in [0.2, 0.25) is 5.91 Å². The third-order valence-corrected chi connectivity index (χ3v) is 3.43. The van der Waals surface area contributed by atoms with E-state index < -0.39 is 0 Å². The number of likely N-dealkylation sites (tertiary alicyclic amines) is 1. The maximum absolute atomic E-state index is 13.4. The van der Waals surface area contributed by atoms with Crippen molar-refractivity contribution < 1.29 is 9.18 Å². The monoisotopic (exact) mass is 265 g/mol. The van der Waals surface area contributed by atoms with Gasteiger partial charge in [0.1, 0.15) is 5.82 Å². The number of benzene rings is 1. The van der Waals surface area contributed by atoms with Crippen molar-refractivity contribution in [3.05, 3.63) is 35.6 Å². The number of hydrogen-bond acceptors (Lipinski definition) is 3. The molecule has 1 aromatic rings. The first-order valence-corrected chi connectivity index (χ1v) is 6.63. The highest BCUT2D eigenvalue weighted by Gasteiger charge is 2.18. The molecule has 1 aliphatic heterocycles. The Morgan fingerprint density at radius 2 is 2.05 bits per heavy atom. The fraction of sp³-hybridized carbons (Fsp3) is 0.500. The van der Waals surface area contributed by atoms with Crippen molar-refractivity contribution in [2.24, 2.45) is 5.73 Å². The number of hydrogen-bond donors (Lipinski definition) is 2. The van der Waals surface area contributed by atoms with Gasteiger partial charge in [-0.1, -0.05) is 18.2 Å². The SMILES string of the molecule is NC1CCN(CC(=O)NCc2ccccc2F)CC1. The zero-order valence-corrected chi connectivity index (χ0v) is 10.9. The van der Waals surface area contributed by atoms with Crippen molar-refractivity contribution in [1.29, 1.82) is 0 Å². The summed E-state index contributed by atoms with van der Waals surface area (Å²) in [6.45, 7) is 2.31. The fourth-order valence-corrected chi connectivity index (χ4v) is 2.21. The van der Waals surface area contributed by atoms with Crippen LogP contribution in [-0.2, 0) is 11.3 Å². The molecule has 19 heavy (non-hydrogen) atoms. The van der Waals surface area contributed by atoms with Gasteiger partial charge in [0, 0.05) is 31.2 Å². The lowest BCUT2D eigenvalue weighted by atomic mass is 10.1. The van der Waals surface area contributed by atoms with Gasteiger partial charge in [-0.2, -0.15) is 0 Å². The second-order valence-corrected chi connectivity index (χ2v) is 4.98. The molecule has 1 fully saturated rings. The van der Waals surface area contributed by atoms with Gasteiger partial charge in [-0.25, -0.2) is 4.39 Å². The van der Waals surface area contributed by atoms with Crippen molar-refractivity contribution in [3.63, 3.8) is 0 Å². The summed E-state index contributed by atoms with van der Waals surface area (Å²) in [5.74, 6) is -0.356. The summed E-state index contributed by atoms with van der Waals surface area (Å²) >= 11 is 0. The van der Waals surface area contributed by atoms with E-state index in [9.17, 15) is 9.18 Å². The second-order valence-electron chi connectivity index (χ2n) is 4.98. The number of halogens is 1. The molecule has 4 nitrogen and oxygen atoms in total. The summed E-state index contributed by atoms with van der Waals surface area (Å²) < 4.78 is 13.4. The molecule has 1 heterocycles. The van der Waals surface area contributed by atoms with Crippen molar-refractivity contribution in [3.8, 4) is 0 Å². The lowest BCUT2D eigenvalue weighted by Crippen LogP contribution is -2.44. The minimum atomic E-state index is -0.285. The van der Waals surface area contributed by atoms with E-state index in [4.69, 9.17) is 5.73 Å². The summed E-state index contributed by atoms with van der Waals surface area (Å²) in [4.78, 5) is 13.9. The van der Waals surface area contributed by atoms with Gasteiger partial charge in [-0.15, -0.1) is 0 Å². The Kier molecular flexibility index (Phi) is 4.87. The minimum Gasteiger partial charge on any atom is -0.351 e. The molecule has 0 spiro atoms. The number of piperidine rings is 1. The molecule has 2 rings (SSSR count). The van der Waals surface area contributed by atoms with E-state index in [0.717, 1.165) is 25.9 Å². The molecule has 0 radical (unpaired) electrons. The zero-order chi connectivity index (χ0) is 13.7. The zero-order valence-electron chi connectivity index (χ0n) is 10.9. The Hall–Kier alpha value is -1.46. The standard InChI is InChI=1S/C14H20FN3O/c15-13-4-2-1-3-11(13)9-17-14(19)10-18-7-5-12(16)6-8-18/h1-4,12H,5-10,16H2,(H,17,19). The van der Waals surface area contributed by atoms with Crippen LogP contribution >= 0.6 is 0 Å². The minimum absolute atomic E-state index is 0.0706. The van der Waals surface area contributed by atoms with E-state index >= 15 is 0 Å². The molecule has 1 saturated heterocycles. The molecule has 0 atom stereocenters. The van der Waals surface area contributed by atoms with Crippen LogP contribution in [0.25, 0.3) is 0 Å². The summed E-state index contributed by atoms with van der Waals surface area (Å²) in [7, 11) is 0. The van der Waals surface area contributed by atoms with E-state index in [1.54, 1.807) is 18.2 Å². The van der Waals surface area contributed by atoms with Crippen LogP contribution in [0.15, 0.2) is 24.3 Å². The quantitative estimate of drug-likeness (QED) is 0.849. The highest BCUT2D eigenvalue weighted by molar-refractivity contribution is 5.78. The lowest BCUT2D eigenvalue weighted by Gasteiger charge is -2.29. The smallest absolute Gasteiger partial charge is 0.234 e. The molecule has 0 saturated carbocycles. The first-order valence-electron chi connectivity index (χ1n) is 6.63. The number of nitrogens with one attached hydrogen (secondary N) is 1. The molecule has 3 N–H and O–H groups in total. The lowest BCUT2D eigenvalue weighted by molar-refractivity contribution is -0.122. The number of rotatable bonds is 4. The van der Waals surface area contributed by atoms with Crippen molar-refractivity contribution in [2.75, 3.05) is 19.6 Å². The van der Waals surface area contributed by atoms with Crippen LogP contribution in [0.5, 0.6) is 0 Å². The van der Waals surface area contributed by atoms with Crippen molar-refractivity contribution in [2.45, 2.75) is 25.4 Å². The van der Waals surface area contributed by atoms with Crippen LogP contribution in [0.4, 0.5) is 4.39 Å². The van der Waals surface area contributed by atoms with Gasteiger partial charge in [0.25, 0.3) is 0 Å². The fourth-order valence-electron chi connectivity index (χ4n) is 2.21. The highest BCUT2D eigenvalue weighted by Crippen LogP contribution is 2.08. The Bertz CT molecular complexity index is 430. The molecule has 1 amide bonds. The van der Waals surface area contributed by atoms with Gasteiger partial charge >= 0.3 is 0 Å². The third kappa shape index (κ3) is 4.29. The molecule has 5 heteroatoms. The predicted molar refractivity (Wildman–Crippen MR) is 71.9 cm³/mol. The van der Waals surface area contributed by atoms with E-state index in [2.05, 4.69) is 10.2 Å². The molecule has 0 aromatic heterocycles. The van der Waals surface area contributed by atoms with E-state index in [1.165, 1.54) is 6.07 Å². The van der Waals surface area contributed by atoms with Gasteiger partial charge < -0.3 is 11.1 Å². The molecule has 0 unspecified atom stereocenters. The Labute approximate surface area is 112 Å². The normalized spacial score (nSPS) is 17.4.